The van der Waals surface area contributed by atoms with Crippen LogP contribution >= 0.6 is 11.8 Å². The number of nitrogens with zero attached hydrogens (tertiary/aromatic N) is 1. The third kappa shape index (κ3) is 3.23. The number of rotatable bonds is 5. The van der Waals surface area contributed by atoms with Gasteiger partial charge in [0.05, 0.1) is 11.3 Å². The van der Waals surface area contributed by atoms with E-state index < -0.39 is 0 Å². The first kappa shape index (κ1) is 14.2. The molecule has 4 heteroatoms. The Kier molecular flexibility index (Phi) is 5.12. The van der Waals surface area contributed by atoms with Gasteiger partial charge < -0.3 is 10.4 Å². The van der Waals surface area contributed by atoms with E-state index in [2.05, 4.69) is 11.4 Å². The van der Waals surface area contributed by atoms with E-state index in [-0.39, 0.29) is 6.61 Å². The van der Waals surface area contributed by atoms with Gasteiger partial charge in [-0.25, -0.2) is 0 Å². The lowest BCUT2D eigenvalue weighted by molar-refractivity contribution is 0.199. The maximum absolute atomic E-state index is 9.33. The van der Waals surface area contributed by atoms with Crippen molar-refractivity contribution < 1.29 is 5.11 Å². The minimum Gasteiger partial charge on any atom is -0.396 e. The summed E-state index contributed by atoms with van der Waals surface area (Å²) in [7, 11) is 0. The topological polar surface area (TPSA) is 56.0 Å². The van der Waals surface area contributed by atoms with Gasteiger partial charge in [-0.1, -0.05) is 12.5 Å². The fourth-order valence-electron chi connectivity index (χ4n) is 2.83. The highest BCUT2D eigenvalue weighted by Crippen LogP contribution is 2.32. The Morgan fingerprint density at radius 3 is 2.89 bits per heavy atom. The lowest BCUT2D eigenvalue weighted by atomic mass is 9.97. The van der Waals surface area contributed by atoms with Gasteiger partial charge in [0.2, 0.25) is 0 Å². The minimum absolute atomic E-state index is 0.280. The van der Waals surface area contributed by atoms with Crippen molar-refractivity contribution in [2.24, 2.45) is 11.8 Å². The van der Waals surface area contributed by atoms with E-state index in [1.807, 2.05) is 24.5 Å². The molecule has 1 aliphatic carbocycles. The maximum Gasteiger partial charge on any atom is 0.102 e. The van der Waals surface area contributed by atoms with Crippen LogP contribution in [0.1, 0.15) is 24.8 Å². The number of hydrogen-bond acceptors (Lipinski definition) is 4. The van der Waals surface area contributed by atoms with Gasteiger partial charge in [-0.05, 0) is 43.1 Å². The Hall–Kier alpha value is -1.18. The molecule has 0 bridgehead atoms. The molecule has 1 aromatic rings. The van der Waals surface area contributed by atoms with E-state index in [1.165, 1.54) is 12.8 Å². The van der Waals surface area contributed by atoms with Crippen molar-refractivity contribution in [2.45, 2.75) is 24.2 Å². The lowest BCUT2D eigenvalue weighted by Crippen LogP contribution is -2.21. The molecule has 19 heavy (non-hydrogen) atoms. The fourth-order valence-corrected chi connectivity index (χ4v) is 3.40. The zero-order valence-electron chi connectivity index (χ0n) is 11.2. The van der Waals surface area contributed by atoms with Gasteiger partial charge in [-0.3, -0.25) is 0 Å². The summed E-state index contributed by atoms with van der Waals surface area (Å²) in [6, 6.07) is 8.19. The van der Waals surface area contributed by atoms with Crippen LogP contribution in [0.2, 0.25) is 0 Å². The average molecular weight is 276 g/mol. The highest BCUT2D eigenvalue weighted by atomic mass is 32.2. The molecule has 1 saturated carbocycles. The van der Waals surface area contributed by atoms with Crippen molar-refractivity contribution >= 4 is 17.4 Å². The molecule has 0 aliphatic heterocycles. The number of anilines is 1. The molecule has 2 N–H and O–H groups in total. The van der Waals surface area contributed by atoms with E-state index in [0.29, 0.717) is 11.8 Å². The van der Waals surface area contributed by atoms with Crippen molar-refractivity contribution in [1.82, 2.24) is 0 Å². The van der Waals surface area contributed by atoms with Crippen LogP contribution in [-0.2, 0) is 0 Å². The average Bonchev–Trinajstić information content (AvgIpc) is 2.91. The molecule has 2 atom stereocenters. The summed E-state index contributed by atoms with van der Waals surface area (Å²) in [6.07, 6.45) is 5.48. The molecule has 0 heterocycles. The van der Waals surface area contributed by atoms with Gasteiger partial charge in [-0.15, -0.1) is 11.8 Å². The zero-order chi connectivity index (χ0) is 13.7. The molecule has 0 amide bonds. The third-order valence-electron chi connectivity index (χ3n) is 3.96. The number of thioether (sulfide) groups is 1. The molecule has 2 rings (SSSR count). The summed E-state index contributed by atoms with van der Waals surface area (Å²) in [5.41, 5.74) is 1.64. The Morgan fingerprint density at radius 1 is 1.42 bits per heavy atom. The predicted octanol–water partition coefficient (Wildman–Crippen LogP) is 3.10. The van der Waals surface area contributed by atoms with Crippen LogP contribution in [0.4, 0.5) is 5.69 Å². The molecule has 0 radical (unpaired) electrons. The normalized spacial score (nSPS) is 22.2. The van der Waals surface area contributed by atoms with E-state index in [0.717, 1.165) is 29.1 Å². The monoisotopic (exact) mass is 276 g/mol. The molecular weight excluding hydrogens is 256 g/mol. The standard InChI is InChI=1S/C15H20N2OS/c1-19-15-7-3-6-14(13(15)8-16)17-9-11-4-2-5-12(11)10-18/h3,6-7,11-12,17-18H,2,4-5,9-10H2,1H3. The number of nitriles is 1. The van der Waals surface area contributed by atoms with Crippen molar-refractivity contribution in [3.63, 3.8) is 0 Å². The largest absolute Gasteiger partial charge is 0.396 e. The molecule has 1 aromatic carbocycles. The minimum atomic E-state index is 0.280. The lowest BCUT2D eigenvalue weighted by Gasteiger charge is -2.19. The van der Waals surface area contributed by atoms with Crippen LogP contribution in [0.5, 0.6) is 0 Å². The smallest absolute Gasteiger partial charge is 0.102 e. The molecule has 1 aliphatic rings. The Labute approximate surface area is 119 Å². The summed E-state index contributed by atoms with van der Waals surface area (Å²) in [5.74, 6) is 0.941. The second-order valence-corrected chi connectivity index (χ2v) is 5.86. The van der Waals surface area contributed by atoms with Crippen LogP contribution < -0.4 is 5.32 Å². The van der Waals surface area contributed by atoms with Gasteiger partial charge >= 0.3 is 0 Å². The molecule has 2 unspecified atom stereocenters. The van der Waals surface area contributed by atoms with Crippen molar-refractivity contribution in [1.29, 1.82) is 5.26 Å². The number of hydrogen-bond donors (Lipinski definition) is 2. The Balaban J connectivity index is 2.05. The highest BCUT2D eigenvalue weighted by molar-refractivity contribution is 7.98. The first-order valence-corrected chi connectivity index (χ1v) is 7.94. The van der Waals surface area contributed by atoms with E-state index in [9.17, 15) is 10.4 Å². The number of aliphatic hydroxyl groups excluding tert-OH is 1. The Bertz CT molecular complexity index is 470. The number of aliphatic hydroxyl groups is 1. The van der Waals surface area contributed by atoms with Crippen molar-refractivity contribution in [2.75, 3.05) is 24.7 Å². The van der Waals surface area contributed by atoms with Gasteiger partial charge in [0, 0.05) is 18.0 Å². The molecule has 0 aromatic heterocycles. The van der Waals surface area contributed by atoms with Crippen LogP contribution in [0, 0.1) is 23.2 Å². The molecular formula is C15H20N2OS. The molecule has 1 fully saturated rings. The second-order valence-electron chi connectivity index (χ2n) is 5.01. The quantitative estimate of drug-likeness (QED) is 0.811. The number of nitrogens with one attached hydrogen (secondary N) is 1. The summed E-state index contributed by atoms with van der Waals surface area (Å²) in [5, 5.41) is 22.0. The van der Waals surface area contributed by atoms with Crippen LogP contribution in [0.3, 0.4) is 0 Å². The van der Waals surface area contributed by atoms with E-state index in [4.69, 9.17) is 0 Å². The number of benzene rings is 1. The summed E-state index contributed by atoms with van der Waals surface area (Å²) in [6.45, 7) is 1.13. The summed E-state index contributed by atoms with van der Waals surface area (Å²) >= 11 is 1.59. The summed E-state index contributed by atoms with van der Waals surface area (Å²) < 4.78 is 0. The van der Waals surface area contributed by atoms with E-state index >= 15 is 0 Å². The van der Waals surface area contributed by atoms with Gasteiger partial charge in [0.1, 0.15) is 6.07 Å². The first-order chi connectivity index (χ1) is 9.30. The second kappa shape index (κ2) is 6.83. The SMILES string of the molecule is CSc1cccc(NCC2CCCC2CO)c1C#N. The van der Waals surface area contributed by atoms with Crippen molar-refractivity contribution in [3.8, 4) is 6.07 Å². The molecule has 0 saturated heterocycles. The molecule has 0 spiro atoms. The van der Waals surface area contributed by atoms with Gasteiger partial charge in [0.15, 0.2) is 0 Å². The Morgan fingerprint density at radius 2 is 2.21 bits per heavy atom. The van der Waals surface area contributed by atoms with E-state index in [1.54, 1.807) is 11.8 Å². The van der Waals surface area contributed by atoms with Gasteiger partial charge in [-0.2, -0.15) is 5.26 Å². The summed E-state index contributed by atoms with van der Waals surface area (Å²) in [4.78, 5) is 1.01. The zero-order valence-corrected chi connectivity index (χ0v) is 12.0. The van der Waals surface area contributed by atoms with Crippen LogP contribution in [0.15, 0.2) is 23.1 Å². The van der Waals surface area contributed by atoms with Crippen molar-refractivity contribution in [3.05, 3.63) is 23.8 Å². The highest BCUT2D eigenvalue weighted by Gasteiger charge is 2.26. The fraction of sp³-hybridized carbons (Fsp3) is 0.533. The van der Waals surface area contributed by atoms with Crippen LogP contribution in [0.25, 0.3) is 0 Å². The molecule has 102 valence electrons. The first-order valence-electron chi connectivity index (χ1n) is 6.72. The maximum atomic E-state index is 9.33. The third-order valence-corrected chi connectivity index (χ3v) is 4.74. The predicted molar refractivity (Wildman–Crippen MR) is 79.3 cm³/mol. The van der Waals surface area contributed by atoms with Gasteiger partial charge in [0.25, 0.3) is 0 Å². The molecule has 3 nitrogen and oxygen atoms in total. The van der Waals surface area contributed by atoms with Crippen LogP contribution in [-0.4, -0.2) is 24.5 Å².